The SMILES string of the molecule is Cc1cccc(N2CC(N)(C3CC3)C2)n1. The third-order valence-electron chi connectivity index (χ3n) is 3.56. The predicted octanol–water partition coefficient (Wildman–Crippen LogP) is 1.32. The second-order valence-corrected chi connectivity index (χ2v) is 5.00. The van der Waals surface area contributed by atoms with Gasteiger partial charge in [-0.3, -0.25) is 0 Å². The van der Waals surface area contributed by atoms with E-state index in [0.717, 1.165) is 30.5 Å². The van der Waals surface area contributed by atoms with Crippen LogP contribution in [0.2, 0.25) is 0 Å². The van der Waals surface area contributed by atoms with Gasteiger partial charge in [0.15, 0.2) is 0 Å². The summed E-state index contributed by atoms with van der Waals surface area (Å²) in [5.74, 6) is 1.86. The molecule has 0 unspecified atom stereocenters. The van der Waals surface area contributed by atoms with Crippen LogP contribution in [0.5, 0.6) is 0 Å². The molecule has 3 rings (SSSR count). The average Bonchev–Trinajstić information content (AvgIpc) is 2.96. The minimum atomic E-state index is 0.0887. The van der Waals surface area contributed by atoms with Crippen LogP contribution in [-0.4, -0.2) is 23.6 Å². The Bertz CT molecular complexity index is 378. The summed E-state index contributed by atoms with van der Waals surface area (Å²) in [7, 11) is 0. The first-order valence-corrected chi connectivity index (χ1v) is 5.65. The Morgan fingerprint density at radius 2 is 2.13 bits per heavy atom. The molecular weight excluding hydrogens is 186 g/mol. The summed E-state index contributed by atoms with van der Waals surface area (Å²) < 4.78 is 0. The molecule has 1 saturated carbocycles. The lowest BCUT2D eigenvalue weighted by Crippen LogP contribution is -2.69. The van der Waals surface area contributed by atoms with Crippen molar-refractivity contribution in [3.63, 3.8) is 0 Å². The number of hydrogen-bond donors (Lipinski definition) is 1. The third kappa shape index (κ3) is 1.51. The Labute approximate surface area is 90.3 Å². The zero-order valence-corrected chi connectivity index (χ0v) is 9.11. The number of rotatable bonds is 2. The minimum absolute atomic E-state index is 0.0887. The van der Waals surface area contributed by atoms with Gasteiger partial charge in [0, 0.05) is 18.8 Å². The van der Waals surface area contributed by atoms with Crippen LogP contribution in [0.25, 0.3) is 0 Å². The van der Waals surface area contributed by atoms with E-state index < -0.39 is 0 Å². The molecule has 80 valence electrons. The highest BCUT2D eigenvalue weighted by Crippen LogP contribution is 2.43. The summed E-state index contributed by atoms with van der Waals surface area (Å²) >= 11 is 0. The van der Waals surface area contributed by atoms with E-state index in [1.165, 1.54) is 12.8 Å². The van der Waals surface area contributed by atoms with Crippen molar-refractivity contribution in [2.75, 3.05) is 18.0 Å². The maximum absolute atomic E-state index is 6.30. The molecule has 1 aliphatic carbocycles. The van der Waals surface area contributed by atoms with Gasteiger partial charge in [-0.15, -0.1) is 0 Å². The first kappa shape index (κ1) is 9.16. The molecule has 0 radical (unpaired) electrons. The number of pyridine rings is 1. The monoisotopic (exact) mass is 203 g/mol. The van der Waals surface area contributed by atoms with Crippen molar-refractivity contribution in [1.29, 1.82) is 0 Å². The molecule has 0 bridgehead atoms. The first-order valence-electron chi connectivity index (χ1n) is 5.65. The molecule has 1 aromatic rings. The number of aromatic nitrogens is 1. The van der Waals surface area contributed by atoms with Crippen LogP contribution >= 0.6 is 0 Å². The number of nitrogens with zero attached hydrogens (tertiary/aromatic N) is 2. The largest absolute Gasteiger partial charge is 0.353 e. The molecule has 3 heteroatoms. The Balaban J connectivity index is 1.71. The first-order chi connectivity index (χ1) is 7.17. The average molecular weight is 203 g/mol. The van der Waals surface area contributed by atoms with E-state index >= 15 is 0 Å². The van der Waals surface area contributed by atoms with Crippen LogP contribution in [0.3, 0.4) is 0 Å². The third-order valence-corrected chi connectivity index (χ3v) is 3.56. The number of nitrogens with two attached hydrogens (primary N) is 1. The molecule has 0 spiro atoms. The van der Waals surface area contributed by atoms with E-state index in [9.17, 15) is 0 Å². The van der Waals surface area contributed by atoms with Crippen molar-refractivity contribution in [3.8, 4) is 0 Å². The standard InChI is InChI=1S/C12H17N3/c1-9-3-2-4-11(14-9)15-7-12(13,8-15)10-5-6-10/h2-4,10H,5-8,13H2,1H3. The van der Waals surface area contributed by atoms with Gasteiger partial charge in [0.1, 0.15) is 5.82 Å². The molecule has 15 heavy (non-hydrogen) atoms. The molecule has 1 aromatic heterocycles. The van der Waals surface area contributed by atoms with Crippen molar-refractivity contribution in [2.24, 2.45) is 11.7 Å². The highest BCUT2D eigenvalue weighted by Gasteiger charge is 2.50. The van der Waals surface area contributed by atoms with Gasteiger partial charge < -0.3 is 10.6 Å². The maximum atomic E-state index is 6.30. The summed E-state index contributed by atoms with van der Waals surface area (Å²) in [4.78, 5) is 6.79. The summed E-state index contributed by atoms with van der Waals surface area (Å²) in [6.07, 6.45) is 2.65. The maximum Gasteiger partial charge on any atom is 0.128 e. The fourth-order valence-corrected chi connectivity index (χ4v) is 2.45. The highest BCUT2D eigenvalue weighted by atomic mass is 15.3. The number of hydrogen-bond acceptors (Lipinski definition) is 3. The van der Waals surface area contributed by atoms with Crippen LogP contribution in [-0.2, 0) is 0 Å². The van der Waals surface area contributed by atoms with Crippen molar-refractivity contribution < 1.29 is 0 Å². The van der Waals surface area contributed by atoms with Gasteiger partial charge in [0.2, 0.25) is 0 Å². The Hall–Kier alpha value is -1.09. The molecule has 3 nitrogen and oxygen atoms in total. The van der Waals surface area contributed by atoms with Crippen LogP contribution in [0.15, 0.2) is 18.2 Å². The lowest BCUT2D eigenvalue weighted by Gasteiger charge is -2.49. The van der Waals surface area contributed by atoms with Crippen molar-refractivity contribution in [1.82, 2.24) is 4.98 Å². The Morgan fingerprint density at radius 1 is 1.40 bits per heavy atom. The van der Waals surface area contributed by atoms with Gasteiger partial charge in [0.25, 0.3) is 0 Å². The fourth-order valence-electron chi connectivity index (χ4n) is 2.45. The molecule has 0 amide bonds. The molecule has 2 aliphatic rings. The Kier molecular flexibility index (Phi) is 1.80. The van der Waals surface area contributed by atoms with Crippen molar-refractivity contribution in [3.05, 3.63) is 23.9 Å². The zero-order valence-electron chi connectivity index (χ0n) is 9.11. The second kappa shape index (κ2) is 2.95. The van der Waals surface area contributed by atoms with Crippen molar-refractivity contribution in [2.45, 2.75) is 25.3 Å². The van der Waals surface area contributed by atoms with E-state index in [-0.39, 0.29) is 5.54 Å². The van der Waals surface area contributed by atoms with Gasteiger partial charge in [-0.2, -0.15) is 0 Å². The summed E-state index contributed by atoms with van der Waals surface area (Å²) in [5.41, 5.74) is 7.47. The molecule has 1 saturated heterocycles. The van der Waals surface area contributed by atoms with E-state index in [0.29, 0.717) is 0 Å². The van der Waals surface area contributed by atoms with Gasteiger partial charge in [-0.1, -0.05) is 6.07 Å². The van der Waals surface area contributed by atoms with Gasteiger partial charge in [-0.05, 0) is 37.8 Å². The van der Waals surface area contributed by atoms with Crippen LogP contribution < -0.4 is 10.6 Å². The highest BCUT2D eigenvalue weighted by molar-refractivity contribution is 5.45. The molecule has 2 N–H and O–H groups in total. The molecule has 0 atom stereocenters. The molecule has 1 aliphatic heterocycles. The smallest absolute Gasteiger partial charge is 0.128 e. The van der Waals surface area contributed by atoms with Crippen LogP contribution in [0.1, 0.15) is 18.5 Å². The topological polar surface area (TPSA) is 42.1 Å². The summed E-state index contributed by atoms with van der Waals surface area (Å²) in [5, 5.41) is 0. The van der Waals surface area contributed by atoms with E-state index in [1.807, 2.05) is 13.0 Å². The fraction of sp³-hybridized carbons (Fsp3) is 0.583. The number of aryl methyl sites for hydroxylation is 1. The lowest BCUT2D eigenvalue weighted by molar-refractivity contribution is 0.289. The van der Waals surface area contributed by atoms with Gasteiger partial charge in [-0.25, -0.2) is 4.98 Å². The number of anilines is 1. The van der Waals surface area contributed by atoms with E-state index in [1.54, 1.807) is 0 Å². The molecular formula is C12H17N3. The quantitative estimate of drug-likeness (QED) is 0.788. The second-order valence-electron chi connectivity index (χ2n) is 5.00. The summed E-state index contributed by atoms with van der Waals surface area (Å²) in [6.45, 7) is 3.99. The lowest BCUT2D eigenvalue weighted by atomic mass is 9.86. The molecule has 0 aromatic carbocycles. The van der Waals surface area contributed by atoms with Crippen LogP contribution in [0, 0.1) is 12.8 Å². The van der Waals surface area contributed by atoms with Gasteiger partial charge in [0.05, 0.1) is 5.54 Å². The Morgan fingerprint density at radius 3 is 2.73 bits per heavy atom. The zero-order chi connectivity index (χ0) is 10.5. The normalized spacial score (nSPS) is 23.7. The van der Waals surface area contributed by atoms with Crippen molar-refractivity contribution >= 4 is 5.82 Å². The predicted molar refractivity (Wildman–Crippen MR) is 60.8 cm³/mol. The van der Waals surface area contributed by atoms with E-state index in [2.05, 4.69) is 22.0 Å². The molecule has 2 heterocycles. The minimum Gasteiger partial charge on any atom is -0.353 e. The van der Waals surface area contributed by atoms with E-state index in [4.69, 9.17) is 5.73 Å². The summed E-state index contributed by atoms with van der Waals surface area (Å²) in [6, 6.07) is 6.16. The van der Waals surface area contributed by atoms with Gasteiger partial charge >= 0.3 is 0 Å². The van der Waals surface area contributed by atoms with Crippen LogP contribution in [0.4, 0.5) is 5.82 Å². The molecule has 2 fully saturated rings.